The zero-order valence-corrected chi connectivity index (χ0v) is 12.9. The summed E-state index contributed by atoms with van der Waals surface area (Å²) in [5.74, 6) is 0.750. The molecule has 1 aliphatic rings. The summed E-state index contributed by atoms with van der Waals surface area (Å²) in [6, 6.07) is 15.0. The van der Waals surface area contributed by atoms with Gasteiger partial charge in [-0.25, -0.2) is 9.78 Å². The fraction of sp³-hybridized carbons (Fsp3) is 0.333. The number of carbonyl (C=O) groups excluding carboxylic acids is 1. The summed E-state index contributed by atoms with van der Waals surface area (Å²) in [5.41, 5.74) is 0.948. The number of anilines is 1. The van der Waals surface area contributed by atoms with Gasteiger partial charge < -0.3 is 10.0 Å². The summed E-state index contributed by atoms with van der Waals surface area (Å²) >= 11 is 0. The van der Waals surface area contributed by atoms with Crippen molar-refractivity contribution in [2.45, 2.75) is 18.9 Å². The number of amides is 2. The Morgan fingerprint density at radius 1 is 1.13 bits per heavy atom. The Bertz CT molecular complexity index is 625. The van der Waals surface area contributed by atoms with E-state index in [0.29, 0.717) is 18.9 Å². The lowest BCUT2D eigenvalue weighted by atomic mass is 9.87. The van der Waals surface area contributed by atoms with Gasteiger partial charge in [-0.3, -0.25) is 5.32 Å². The van der Waals surface area contributed by atoms with Crippen LogP contribution in [0.5, 0.6) is 0 Å². The van der Waals surface area contributed by atoms with Crippen LogP contribution in [0.15, 0.2) is 54.7 Å². The molecule has 1 aromatic heterocycles. The Balaban J connectivity index is 1.53. The number of hydrogen-bond donors (Lipinski definition) is 2. The number of nitrogens with zero attached hydrogens (tertiary/aromatic N) is 2. The topological polar surface area (TPSA) is 65.5 Å². The average molecular weight is 311 g/mol. The number of carbonyl (C=O) groups is 1. The fourth-order valence-corrected chi connectivity index (χ4v) is 2.97. The van der Waals surface area contributed by atoms with Crippen molar-refractivity contribution in [1.29, 1.82) is 0 Å². The average Bonchev–Trinajstić information content (AvgIpc) is 2.63. The third-order valence-electron chi connectivity index (χ3n) is 4.31. The van der Waals surface area contributed by atoms with Gasteiger partial charge in [0.15, 0.2) is 0 Å². The molecule has 0 spiro atoms. The molecule has 3 rings (SSSR count). The molecular formula is C18H21N3O2. The van der Waals surface area contributed by atoms with Gasteiger partial charge in [0.25, 0.3) is 0 Å². The van der Waals surface area contributed by atoms with Crippen LogP contribution in [-0.2, 0) is 0 Å². The van der Waals surface area contributed by atoms with E-state index in [1.54, 1.807) is 17.2 Å². The molecule has 2 amide bonds. The second-order valence-electron chi connectivity index (χ2n) is 5.83. The fourth-order valence-electron chi connectivity index (χ4n) is 2.97. The smallest absolute Gasteiger partial charge is 0.323 e. The molecule has 1 unspecified atom stereocenters. The van der Waals surface area contributed by atoms with Crippen LogP contribution in [0.4, 0.5) is 10.6 Å². The number of piperidine rings is 1. The van der Waals surface area contributed by atoms with Gasteiger partial charge in [-0.1, -0.05) is 36.4 Å². The third-order valence-corrected chi connectivity index (χ3v) is 4.31. The normalized spacial score (nSPS) is 16.8. The number of aromatic nitrogens is 1. The Hall–Kier alpha value is -2.40. The van der Waals surface area contributed by atoms with Crippen molar-refractivity contribution < 1.29 is 9.90 Å². The molecule has 2 aromatic rings. The summed E-state index contributed by atoms with van der Waals surface area (Å²) < 4.78 is 0. The summed E-state index contributed by atoms with van der Waals surface area (Å²) in [6.07, 6.45) is 2.78. The SMILES string of the molecule is O=C(Nc1ccccn1)N1CCC(C(O)c2ccccc2)CC1. The summed E-state index contributed by atoms with van der Waals surface area (Å²) in [5, 5.41) is 13.3. The van der Waals surface area contributed by atoms with Gasteiger partial charge in [0, 0.05) is 19.3 Å². The molecule has 2 N–H and O–H groups in total. The minimum atomic E-state index is -0.461. The van der Waals surface area contributed by atoms with E-state index >= 15 is 0 Å². The van der Waals surface area contributed by atoms with E-state index in [1.165, 1.54) is 0 Å². The van der Waals surface area contributed by atoms with Gasteiger partial charge in [0.2, 0.25) is 0 Å². The lowest BCUT2D eigenvalue weighted by Crippen LogP contribution is -2.42. The molecule has 2 heterocycles. The van der Waals surface area contributed by atoms with Crippen molar-refractivity contribution in [3.05, 3.63) is 60.3 Å². The second-order valence-corrected chi connectivity index (χ2v) is 5.83. The Morgan fingerprint density at radius 2 is 1.83 bits per heavy atom. The van der Waals surface area contributed by atoms with E-state index in [-0.39, 0.29) is 11.9 Å². The van der Waals surface area contributed by atoms with Crippen molar-refractivity contribution in [2.24, 2.45) is 5.92 Å². The highest BCUT2D eigenvalue weighted by atomic mass is 16.3. The van der Waals surface area contributed by atoms with Crippen LogP contribution in [-0.4, -0.2) is 34.1 Å². The van der Waals surface area contributed by atoms with Gasteiger partial charge in [-0.05, 0) is 36.5 Å². The highest BCUT2D eigenvalue weighted by molar-refractivity contribution is 5.88. The van der Waals surface area contributed by atoms with Crippen molar-refractivity contribution in [1.82, 2.24) is 9.88 Å². The predicted molar refractivity (Wildman–Crippen MR) is 89.0 cm³/mol. The van der Waals surface area contributed by atoms with Crippen LogP contribution in [0.25, 0.3) is 0 Å². The van der Waals surface area contributed by atoms with Crippen molar-refractivity contribution >= 4 is 11.8 Å². The maximum absolute atomic E-state index is 12.2. The molecule has 1 atom stereocenters. The van der Waals surface area contributed by atoms with Crippen molar-refractivity contribution in [3.63, 3.8) is 0 Å². The van der Waals surface area contributed by atoms with Crippen molar-refractivity contribution in [2.75, 3.05) is 18.4 Å². The molecule has 1 aromatic carbocycles. The van der Waals surface area contributed by atoms with Crippen LogP contribution in [0.1, 0.15) is 24.5 Å². The number of aliphatic hydroxyl groups is 1. The monoisotopic (exact) mass is 311 g/mol. The van der Waals surface area contributed by atoms with Crippen LogP contribution in [0.3, 0.4) is 0 Å². The van der Waals surface area contributed by atoms with Gasteiger partial charge >= 0.3 is 6.03 Å². The van der Waals surface area contributed by atoms with Gasteiger partial charge in [0.1, 0.15) is 5.82 Å². The molecule has 0 aliphatic carbocycles. The van der Waals surface area contributed by atoms with Crippen molar-refractivity contribution in [3.8, 4) is 0 Å². The van der Waals surface area contributed by atoms with Gasteiger partial charge in [-0.2, -0.15) is 0 Å². The zero-order chi connectivity index (χ0) is 16.1. The van der Waals surface area contributed by atoms with E-state index in [1.807, 2.05) is 42.5 Å². The first-order chi connectivity index (χ1) is 11.2. The maximum atomic E-state index is 12.2. The summed E-state index contributed by atoms with van der Waals surface area (Å²) in [4.78, 5) is 18.1. The van der Waals surface area contributed by atoms with Crippen LogP contribution in [0, 0.1) is 5.92 Å². The first kappa shape index (κ1) is 15.5. The number of rotatable bonds is 3. The summed E-state index contributed by atoms with van der Waals surface area (Å²) in [7, 11) is 0. The van der Waals surface area contributed by atoms with Gasteiger partial charge in [0.05, 0.1) is 6.10 Å². The Morgan fingerprint density at radius 3 is 2.48 bits per heavy atom. The minimum absolute atomic E-state index is 0.128. The standard InChI is InChI=1S/C18H21N3O2/c22-17(14-6-2-1-3-7-14)15-9-12-21(13-10-15)18(23)20-16-8-4-5-11-19-16/h1-8,11,15,17,22H,9-10,12-13H2,(H,19,20,23). The second kappa shape index (κ2) is 7.24. The van der Waals surface area contributed by atoms with Crippen LogP contribution in [0.2, 0.25) is 0 Å². The quantitative estimate of drug-likeness (QED) is 0.915. The number of pyridine rings is 1. The number of likely N-dealkylation sites (tertiary alicyclic amines) is 1. The first-order valence-electron chi connectivity index (χ1n) is 7.94. The zero-order valence-electron chi connectivity index (χ0n) is 12.9. The molecule has 5 nitrogen and oxygen atoms in total. The maximum Gasteiger partial charge on any atom is 0.323 e. The number of benzene rings is 1. The highest BCUT2D eigenvalue weighted by Gasteiger charge is 2.28. The highest BCUT2D eigenvalue weighted by Crippen LogP contribution is 2.30. The van der Waals surface area contributed by atoms with Gasteiger partial charge in [-0.15, -0.1) is 0 Å². The molecule has 1 fully saturated rings. The van der Waals surface area contributed by atoms with E-state index in [2.05, 4.69) is 10.3 Å². The molecule has 120 valence electrons. The number of hydrogen-bond acceptors (Lipinski definition) is 3. The molecular weight excluding hydrogens is 290 g/mol. The molecule has 5 heteroatoms. The predicted octanol–water partition coefficient (Wildman–Crippen LogP) is 3.06. The number of aliphatic hydroxyl groups excluding tert-OH is 1. The minimum Gasteiger partial charge on any atom is -0.388 e. The lowest BCUT2D eigenvalue weighted by Gasteiger charge is -2.34. The van der Waals surface area contributed by atoms with E-state index in [4.69, 9.17) is 0 Å². The van der Waals surface area contributed by atoms with Crippen LogP contribution >= 0.6 is 0 Å². The molecule has 1 saturated heterocycles. The molecule has 1 aliphatic heterocycles. The first-order valence-corrected chi connectivity index (χ1v) is 7.94. The largest absolute Gasteiger partial charge is 0.388 e. The molecule has 23 heavy (non-hydrogen) atoms. The Labute approximate surface area is 136 Å². The Kier molecular flexibility index (Phi) is 4.88. The number of urea groups is 1. The summed E-state index contributed by atoms with van der Waals surface area (Å²) in [6.45, 7) is 1.29. The van der Waals surface area contributed by atoms with E-state index in [9.17, 15) is 9.90 Å². The third kappa shape index (κ3) is 3.87. The molecule has 0 bridgehead atoms. The molecule has 0 saturated carbocycles. The van der Waals surface area contributed by atoms with E-state index < -0.39 is 6.10 Å². The van der Waals surface area contributed by atoms with Crippen LogP contribution < -0.4 is 5.32 Å². The lowest BCUT2D eigenvalue weighted by molar-refractivity contribution is 0.0683. The van der Waals surface area contributed by atoms with E-state index in [0.717, 1.165) is 18.4 Å². The molecule has 0 radical (unpaired) electrons. The number of nitrogens with one attached hydrogen (secondary N) is 1.